The van der Waals surface area contributed by atoms with Crippen LogP contribution in [0.3, 0.4) is 0 Å². The summed E-state index contributed by atoms with van der Waals surface area (Å²) in [5.74, 6) is 0.355. The number of alkyl halides is 3. The third-order valence-corrected chi connectivity index (χ3v) is 6.91. The van der Waals surface area contributed by atoms with Gasteiger partial charge in [-0.3, -0.25) is 0 Å². The molecular formula is C26H26ClF3N2O7S. The molecule has 0 saturated carbocycles. The van der Waals surface area contributed by atoms with Crippen molar-refractivity contribution in [3.05, 3.63) is 76.4 Å². The number of carbonyl (C=O) groups excluding carboxylic acids is 1. The van der Waals surface area contributed by atoms with Gasteiger partial charge in [0.1, 0.15) is 23.1 Å². The van der Waals surface area contributed by atoms with Crippen molar-refractivity contribution in [3.63, 3.8) is 0 Å². The van der Waals surface area contributed by atoms with Crippen LogP contribution >= 0.6 is 11.6 Å². The average Bonchev–Trinajstić information content (AvgIpc) is 2.88. The molecule has 0 aliphatic carbocycles. The van der Waals surface area contributed by atoms with Crippen molar-refractivity contribution in [2.75, 3.05) is 26.9 Å². The first-order valence-electron chi connectivity index (χ1n) is 11.8. The summed E-state index contributed by atoms with van der Waals surface area (Å²) >= 11 is 6.00. The number of pyridine rings is 1. The Morgan fingerprint density at radius 2 is 1.77 bits per heavy atom. The number of sulfonamides is 1. The molecule has 0 atom stereocenters. The standard InChI is InChI=1S/C26H26ClF3N2O7S/c1-17-5-9-21(10-6-17)40(34,35)32-25(33)38-11-3-4-18-7-8-20(37-13-12-36-2)15-23(18)39-24-22(27)14-19(16-31-24)26(28,29)30/h5-10,14-16H,3-4,11-13H2,1-2H3,(H,32,33). The number of methoxy groups -OCH3 is 1. The average molecular weight is 603 g/mol. The van der Waals surface area contributed by atoms with E-state index in [1.165, 1.54) is 25.3 Å². The van der Waals surface area contributed by atoms with Crippen LogP contribution in [-0.2, 0) is 32.1 Å². The molecule has 3 rings (SSSR count). The van der Waals surface area contributed by atoms with Gasteiger partial charge in [0.05, 0.1) is 23.7 Å². The topological polar surface area (TPSA) is 113 Å². The Hall–Kier alpha value is -3.55. The van der Waals surface area contributed by atoms with E-state index < -0.39 is 27.9 Å². The van der Waals surface area contributed by atoms with Gasteiger partial charge in [-0.05, 0) is 49.6 Å². The highest BCUT2D eigenvalue weighted by Gasteiger charge is 2.32. The van der Waals surface area contributed by atoms with Gasteiger partial charge < -0.3 is 18.9 Å². The quantitative estimate of drug-likeness (QED) is 0.254. The van der Waals surface area contributed by atoms with Gasteiger partial charge >= 0.3 is 12.3 Å². The van der Waals surface area contributed by atoms with Crippen LogP contribution in [0.5, 0.6) is 17.4 Å². The van der Waals surface area contributed by atoms with E-state index in [1.807, 2.05) is 4.72 Å². The van der Waals surface area contributed by atoms with Gasteiger partial charge in [-0.2, -0.15) is 13.2 Å². The number of nitrogens with one attached hydrogen (secondary N) is 1. The van der Waals surface area contributed by atoms with Gasteiger partial charge in [0, 0.05) is 19.4 Å². The Morgan fingerprint density at radius 3 is 2.42 bits per heavy atom. The minimum atomic E-state index is -4.62. The Labute approximate surface area is 234 Å². The van der Waals surface area contributed by atoms with E-state index in [2.05, 4.69) is 4.98 Å². The molecule has 3 aromatic rings. The molecule has 0 unspecified atom stereocenters. The minimum Gasteiger partial charge on any atom is -0.491 e. The summed E-state index contributed by atoms with van der Waals surface area (Å²) in [5.41, 5.74) is 0.408. The number of ether oxygens (including phenoxy) is 4. The number of aryl methyl sites for hydroxylation is 2. The van der Waals surface area contributed by atoms with E-state index in [0.29, 0.717) is 30.2 Å². The summed E-state index contributed by atoms with van der Waals surface area (Å²) in [4.78, 5) is 15.7. The number of nitrogens with zero attached hydrogens (tertiary/aromatic N) is 1. The van der Waals surface area contributed by atoms with E-state index in [0.717, 1.165) is 5.56 Å². The van der Waals surface area contributed by atoms with Crippen molar-refractivity contribution in [1.82, 2.24) is 9.71 Å². The second kappa shape index (κ2) is 13.7. The highest BCUT2D eigenvalue weighted by atomic mass is 35.5. The Morgan fingerprint density at radius 1 is 1.05 bits per heavy atom. The molecule has 0 bridgehead atoms. The van der Waals surface area contributed by atoms with Crippen LogP contribution in [0.2, 0.25) is 5.02 Å². The summed E-state index contributed by atoms with van der Waals surface area (Å²) in [6, 6.07) is 11.5. The SMILES string of the molecule is COCCOc1ccc(CCCOC(=O)NS(=O)(=O)c2ccc(C)cc2)c(Oc2ncc(C(F)(F)F)cc2Cl)c1. The summed E-state index contributed by atoms with van der Waals surface area (Å²) < 4.78 is 86.7. The molecule has 0 radical (unpaired) electrons. The van der Waals surface area contributed by atoms with Crippen LogP contribution in [0.1, 0.15) is 23.1 Å². The van der Waals surface area contributed by atoms with Gasteiger partial charge in [0.15, 0.2) is 0 Å². The number of rotatable bonds is 12. The number of halogens is 4. The predicted molar refractivity (Wildman–Crippen MR) is 139 cm³/mol. The molecule has 9 nitrogen and oxygen atoms in total. The molecule has 0 spiro atoms. The molecule has 0 aliphatic heterocycles. The molecular weight excluding hydrogens is 577 g/mol. The molecule has 216 valence electrons. The van der Waals surface area contributed by atoms with Crippen molar-refractivity contribution in [3.8, 4) is 17.4 Å². The van der Waals surface area contributed by atoms with Crippen molar-refractivity contribution in [2.24, 2.45) is 0 Å². The maximum absolute atomic E-state index is 13.0. The highest BCUT2D eigenvalue weighted by Crippen LogP contribution is 2.36. The number of aromatic nitrogens is 1. The normalized spacial score (nSPS) is 11.7. The smallest absolute Gasteiger partial charge is 0.421 e. The summed E-state index contributed by atoms with van der Waals surface area (Å²) in [5, 5.41) is -0.346. The zero-order chi connectivity index (χ0) is 29.3. The molecule has 2 aromatic carbocycles. The summed E-state index contributed by atoms with van der Waals surface area (Å²) in [6.07, 6.45) is -4.62. The van der Waals surface area contributed by atoms with E-state index in [-0.39, 0.29) is 47.6 Å². The molecule has 40 heavy (non-hydrogen) atoms. The van der Waals surface area contributed by atoms with Crippen molar-refractivity contribution in [1.29, 1.82) is 0 Å². The highest BCUT2D eigenvalue weighted by molar-refractivity contribution is 7.90. The fourth-order valence-electron chi connectivity index (χ4n) is 3.27. The van der Waals surface area contributed by atoms with Gasteiger partial charge in [0.2, 0.25) is 5.88 Å². The zero-order valence-electron chi connectivity index (χ0n) is 21.5. The molecule has 1 N–H and O–H groups in total. The van der Waals surface area contributed by atoms with Crippen molar-refractivity contribution >= 4 is 27.7 Å². The number of benzene rings is 2. The first kappa shape index (κ1) is 31.0. The number of hydrogen-bond donors (Lipinski definition) is 1. The van der Waals surface area contributed by atoms with Crippen LogP contribution in [-0.4, -0.2) is 46.4 Å². The van der Waals surface area contributed by atoms with Crippen molar-refractivity contribution < 1.29 is 45.3 Å². The van der Waals surface area contributed by atoms with E-state index in [4.69, 9.17) is 30.5 Å². The molecule has 0 aliphatic rings. The van der Waals surface area contributed by atoms with Crippen LogP contribution < -0.4 is 14.2 Å². The minimum absolute atomic E-state index is 0.0832. The second-order valence-corrected chi connectivity index (χ2v) is 10.5. The zero-order valence-corrected chi connectivity index (χ0v) is 23.0. The first-order valence-corrected chi connectivity index (χ1v) is 13.7. The molecule has 1 amide bonds. The molecule has 0 saturated heterocycles. The van der Waals surface area contributed by atoms with Gasteiger partial charge in [0.25, 0.3) is 10.0 Å². The van der Waals surface area contributed by atoms with Crippen LogP contribution in [0.4, 0.5) is 18.0 Å². The predicted octanol–water partition coefficient (Wildman–Crippen LogP) is 5.93. The monoisotopic (exact) mass is 602 g/mol. The second-order valence-electron chi connectivity index (χ2n) is 8.38. The summed E-state index contributed by atoms with van der Waals surface area (Å²) in [6.45, 7) is 2.22. The number of hydrogen-bond acceptors (Lipinski definition) is 8. The van der Waals surface area contributed by atoms with E-state index in [1.54, 1.807) is 31.2 Å². The Bertz CT molecular complexity index is 1420. The number of amides is 1. The maximum atomic E-state index is 13.0. The largest absolute Gasteiger partial charge is 0.491 e. The summed E-state index contributed by atoms with van der Waals surface area (Å²) in [7, 11) is -2.58. The first-order chi connectivity index (χ1) is 18.9. The van der Waals surface area contributed by atoms with Crippen LogP contribution in [0, 0.1) is 6.92 Å². The van der Waals surface area contributed by atoms with Crippen LogP contribution in [0.15, 0.2) is 59.6 Å². The lowest BCUT2D eigenvalue weighted by molar-refractivity contribution is -0.137. The molecule has 1 heterocycles. The number of carbonyl (C=O) groups is 1. The lowest BCUT2D eigenvalue weighted by Gasteiger charge is -2.15. The van der Waals surface area contributed by atoms with Crippen LogP contribution in [0.25, 0.3) is 0 Å². The fraction of sp³-hybridized carbons (Fsp3) is 0.308. The van der Waals surface area contributed by atoms with Gasteiger partial charge in [-0.1, -0.05) is 35.4 Å². The van der Waals surface area contributed by atoms with E-state index >= 15 is 0 Å². The fourth-order valence-corrected chi connectivity index (χ4v) is 4.37. The third-order valence-electron chi connectivity index (χ3n) is 5.31. The Balaban J connectivity index is 1.66. The van der Waals surface area contributed by atoms with Crippen molar-refractivity contribution in [2.45, 2.75) is 30.8 Å². The van der Waals surface area contributed by atoms with Gasteiger partial charge in [-0.25, -0.2) is 22.9 Å². The lowest BCUT2D eigenvalue weighted by Crippen LogP contribution is -2.31. The molecule has 1 aromatic heterocycles. The third kappa shape index (κ3) is 9.00. The molecule has 14 heteroatoms. The van der Waals surface area contributed by atoms with E-state index in [9.17, 15) is 26.4 Å². The molecule has 0 fully saturated rings. The Kier molecular flexibility index (Phi) is 10.6. The lowest BCUT2D eigenvalue weighted by atomic mass is 10.1. The maximum Gasteiger partial charge on any atom is 0.421 e. The van der Waals surface area contributed by atoms with Gasteiger partial charge in [-0.15, -0.1) is 0 Å².